The van der Waals surface area contributed by atoms with Crippen molar-refractivity contribution in [3.05, 3.63) is 59.9 Å². The standard InChI is InChI=1S/C26H26N4O4/c1-27-9-4-10-30-14-20(18-12-16(34-3)6-8-22(18)30)24-23(25(31)29-26(24)32)19-13-28-21-7-5-15(33-2)11-17(19)21/h5-8,11-14,27-28H,4,9-10H2,1-3H3,(H,29,31,32). The number of H-pyrrole nitrogens is 1. The minimum Gasteiger partial charge on any atom is -0.497 e. The number of nitrogens with zero attached hydrogens (tertiary/aromatic N) is 1. The van der Waals surface area contributed by atoms with Gasteiger partial charge in [-0.1, -0.05) is 0 Å². The molecule has 5 rings (SSSR count). The maximum absolute atomic E-state index is 13.1. The van der Waals surface area contributed by atoms with Crippen molar-refractivity contribution in [2.45, 2.75) is 13.0 Å². The van der Waals surface area contributed by atoms with E-state index in [0.717, 1.165) is 41.3 Å². The Kier molecular flexibility index (Phi) is 5.59. The molecular formula is C26H26N4O4. The Bertz CT molecular complexity index is 1460. The molecule has 1 aliphatic rings. The van der Waals surface area contributed by atoms with E-state index in [-0.39, 0.29) is 0 Å². The molecule has 0 aliphatic carbocycles. The van der Waals surface area contributed by atoms with Crippen molar-refractivity contribution in [2.75, 3.05) is 27.8 Å². The third-order valence-corrected chi connectivity index (χ3v) is 6.27. The smallest absolute Gasteiger partial charge is 0.259 e. The zero-order valence-electron chi connectivity index (χ0n) is 19.3. The quantitative estimate of drug-likeness (QED) is 0.278. The van der Waals surface area contributed by atoms with Crippen molar-refractivity contribution in [3.63, 3.8) is 0 Å². The maximum atomic E-state index is 13.1. The molecule has 34 heavy (non-hydrogen) atoms. The van der Waals surface area contributed by atoms with Gasteiger partial charge in [-0.05, 0) is 56.4 Å². The number of aromatic amines is 1. The first-order valence-corrected chi connectivity index (χ1v) is 11.1. The molecule has 2 aromatic carbocycles. The first kappa shape index (κ1) is 21.8. The van der Waals surface area contributed by atoms with Crippen molar-refractivity contribution in [1.82, 2.24) is 20.2 Å². The number of carbonyl (C=O) groups is 2. The fraction of sp³-hybridized carbons (Fsp3) is 0.231. The van der Waals surface area contributed by atoms with Crippen LogP contribution in [0, 0.1) is 0 Å². The van der Waals surface area contributed by atoms with E-state index in [1.165, 1.54) is 0 Å². The molecule has 174 valence electrons. The molecule has 8 heteroatoms. The number of hydrogen-bond donors (Lipinski definition) is 3. The molecule has 2 amide bonds. The van der Waals surface area contributed by atoms with Crippen molar-refractivity contribution in [1.29, 1.82) is 0 Å². The van der Waals surface area contributed by atoms with E-state index in [9.17, 15) is 9.59 Å². The van der Waals surface area contributed by atoms with Gasteiger partial charge in [0.25, 0.3) is 11.8 Å². The van der Waals surface area contributed by atoms with Crippen molar-refractivity contribution >= 4 is 44.8 Å². The minimum atomic E-state index is -0.414. The summed E-state index contributed by atoms with van der Waals surface area (Å²) < 4.78 is 13.0. The van der Waals surface area contributed by atoms with Crippen LogP contribution in [0.4, 0.5) is 0 Å². The van der Waals surface area contributed by atoms with Gasteiger partial charge in [-0.25, -0.2) is 0 Å². The highest BCUT2D eigenvalue weighted by Crippen LogP contribution is 2.39. The summed E-state index contributed by atoms with van der Waals surface area (Å²) in [7, 11) is 5.13. The summed E-state index contributed by atoms with van der Waals surface area (Å²) in [6, 6.07) is 11.4. The summed E-state index contributed by atoms with van der Waals surface area (Å²) in [6.07, 6.45) is 4.65. The van der Waals surface area contributed by atoms with E-state index in [1.54, 1.807) is 20.4 Å². The molecule has 8 nitrogen and oxygen atoms in total. The summed E-state index contributed by atoms with van der Waals surface area (Å²) in [5.74, 6) is 0.536. The number of fused-ring (bicyclic) bond motifs is 2. The highest BCUT2D eigenvalue weighted by atomic mass is 16.5. The Morgan fingerprint density at radius 2 is 1.59 bits per heavy atom. The van der Waals surface area contributed by atoms with Crippen LogP contribution in [0.1, 0.15) is 17.5 Å². The SMILES string of the molecule is CNCCCn1cc(C2=C(c3c[nH]c4ccc(OC)cc34)C(=O)NC2=O)c2cc(OC)ccc21. The zero-order chi connectivity index (χ0) is 23.8. The molecule has 0 bridgehead atoms. The van der Waals surface area contributed by atoms with Crippen LogP contribution < -0.4 is 20.1 Å². The second-order valence-electron chi connectivity index (χ2n) is 8.22. The normalized spacial score (nSPS) is 13.9. The highest BCUT2D eigenvalue weighted by molar-refractivity contribution is 6.50. The topological polar surface area (TPSA) is 97.4 Å². The summed E-state index contributed by atoms with van der Waals surface area (Å²) in [6.45, 7) is 1.64. The molecule has 0 fully saturated rings. The molecule has 0 saturated heterocycles. The third-order valence-electron chi connectivity index (χ3n) is 6.27. The predicted octanol–water partition coefficient (Wildman–Crippen LogP) is 3.32. The first-order valence-electron chi connectivity index (χ1n) is 11.1. The number of methoxy groups -OCH3 is 2. The van der Waals surface area contributed by atoms with E-state index in [0.29, 0.717) is 33.8 Å². The Morgan fingerprint density at radius 1 is 0.912 bits per heavy atom. The Balaban J connectivity index is 1.76. The number of nitrogens with one attached hydrogen (secondary N) is 3. The number of hydrogen-bond acceptors (Lipinski definition) is 5. The third kappa shape index (κ3) is 3.52. The van der Waals surface area contributed by atoms with E-state index in [2.05, 4.69) is 20.2 Å². The number of aromatic nitrogens is 2. The van der Waals surface area contributed by atoms with Crippen molar-refractivity contribution < 1.29 is 19.1 Å². The predicted molar refractivity (Wildman–Crippen MR) is 132 cm³/mol. The molecule has 2 aromatic heterocycles. The van der Waals surface area contributed by atoms with Gasteiger partial charge >= 0.3 is 0 Å². The lowest BCUT2D eigenvalue weighted by atomic mass is 9.95. The second kappa shape index (κ2) is 8.72. The first-order chi connectivity index (χ1) is 16.5. The van der Waals surface area contributed by atoms with Crippen LogP contribution in [-0.2, 0) is 16.1 Å². The number of rotatable bonds is 8. The molecule has 0 saturated carbocycles. The van der Waals surface area contributed by atoms with Crippen LogP contribution in [0.15, 0.2) is 48.8 Å². The highest BCUT2D eigenvalue weighted by Gasteiger charge is 2.35. The van der Waals surface area contributed by atoms with Gasteiger partial charge in [0.1, 0.15) is 11.5 Å². The van der Waals surface area contributed by atoms with Gasteiger partial charge in [0.2, 0.25) is 0 Å². The molecule has 3 N–H and O–H groups in total. The minimum absolute atomic E-state index is 0.349. The lowest BCUT2D eigenvalue weighted by molar-refractivity contribution is -0.122. The average Bonchev–Trinajstić information content (AvgIpc) is 3.51. The summed E-state index contributed by atoms with van der Waals surface area (Å²) in [5.41, 5.74) is 3.90. The van der Waals surface area contributed by atoms with Gasteiger partial charge in [0.05, 0.1) is 25.4 Å². The van der Waals surface area contributed by atoms with Gasteiger partial charge in [-0.15, -0.1) is 0 Å². The number of ether oxygens (including phenoxy) is 2. The van der Waals surface area contributed by atoms with Crippen LogP contribution in [-0.4, -0.2) is 49.2 Å². The lowest BCUT2D eigenvalue weighted by Gasteiger charge is -2.06. The molecule has 0 unspecified atom stereocenters. The van der Waals surface area contributed by atoms with Crippen LogP contribution in [0.2, 0.25) is 0 Å². The van der Waals surface area contributed by atoms with E-state index < -0.39 is 11.8 Å². The van der Waals surface area contributed by atoms with Crippen LogP contribution >= 0.6 is 0 Å². The Morgan fingerprint density at radius 3 is 2.29 bits per heavy atom. The molecule has 3 heterocycles. The number of amides is 2. The Hall–Kier alpha value is -4.04. The molecule has 4 aromatic rings. The van der Waals surface area contributed by atoms with E-state index >= 15 is 0 Å². The van der Waals surface area contributed by atoms with Gasteiger partial charge in [-0.2, -0.15) is 0 Å². The fourth-order valence-corrected chi connectivity index (χ4v) is 4.62. The average molecular weight is 459 g/mol. The molecule has 0 spiro atoms. The van der Waals surface area contributed by atoms with E-state index in [1.807, 2.05) is 49.6 Å². The summed E-state index contributed by atoms with van der Waals surface area (Å²) in [5, 5.41) is 7.34. The monoisotopic (exact) mass is 458 g/mol. The van der Waals surface area contributed by atoms with Crippen molar-refractivity contribution in [2.24, 2.45) is 0 Å². The zero-order valence-corrected chi connectivity index (χ0v) is 19.3. The van der Waals surface area contributed by atoms with Gasteiger partial charge in [-0.3, -0.25) is 14.9 Å². The largest absolute Gasteiger partial charge is 0.497 e. The van der Waals surface area contributed by atoms with Crippen LogP contribution in [0.3, 0.4) is 0 Å². The number of carbonyl (C=O) groups excluding carboxylic acids is 2. The number of benzene rings is 2. The number of imide groups is 1. The van der Waals surface area contributed by atoms with Gasteiger partial charge in [0, 0.05) is 51.9 Å². The maximum Gasteiger partial charge on any atom is 0.259 e. The van der Waals surface area contributed by atoms with Crippen LogP contribution in [0.25, 0.3) is 33.0 Å². The summed E-state index contributed by atoms with van der Waals surface area (Å²) in [4.78, 5) is 29.4. The second-order valence-corrected chi connectivity index (χ2v) is 8.22. The van der Waals surface area contributed by atoms with E-state index in [4.69, 9.17) is 9.47 Å². The molecule has 0 atom stereocenters. The molecule has 1 aliphatic heterocycles. The Labute approximate surface area is 196 Å². The van der Waals surface area contributed by atoms with Crippen molar-refractivity contribution in [3.8, 4) is 11.5 Å². The van der Waals surface area contributed by atoms with Gasteiger partial charge in [0.15, 0.2) is 0 Å². The fourth-order valence-electron chi connectivity index (χ4n) is 4.62. The number of aryl methyl sites for hydroxylation is 1. The molecule has 0 radical (unpaired) electrons. The van der Waals surface area contributed by atoms with Crippen LogP contribution in [0.5, 0.6) is 11.5 Å². The molecular weight excluding hydrogens is 432 g/mol. The summed E-state index contributed by atoms with van der Waals surface area (Å²) >= 11 is 0. The van der Waals surface area contributed by atoms with Gasteiger partial charge < -0.3 is 24.3 Å². The lowest BCUT2D eigenvalue weighted by Crippen LogP contribution is -2.22.